The van der Waals surface area contributed by atoms with Crippen LogP contribution in [0.15, 0.2) is 41.8 Å². The quantitative estimate of drug-likeness (QED) is 0.582. The van der Waals surface area contributed by atoms with Crippen LogP contribution in [0.2, 0.25) is 0 Å². The van der Waals surface area contributed by atoms with Gasteiger partial charge in [0.25, 0.3) is 0 Å². The fourth-order valence-electron chi connectivity index (χ4n) is 3.72. The zero-order chi connectivity index (χ0) is 21.1. The van der Waals surface area contributed by atoms with Crippen LogP contribution in [0.25, 0.3) is 11.3 Å². The number of ether oxygens (including phenoxy) is 1. The van der Waals surface area contributed by atoms with Crippen molar-refractivity contribution in [2.45, 2.75) is 20.8 Å². The Bertz CT molecular complexity index is 991. The molecule has 6 heteroatoms. The van der Waals surface area contributed by atoms with Crippen LogP contribution in [0.4, 0.5) is 16.5 Å². The molecule has 2 heterocycles. The normalized spacial score (nSPS) is 14.7. The van der Waals surface area contributed by atoms with Crippen LogP contribution in [0, 0.1) is 13.8 Å². The molecule has 0 saturated carbocycles. The summed E-state index contributed by atoms with van der Waals surface area (Å²) in [7, 11) is 2.18. The first-order chi connectivity index (χ1) is 14.5. The molecule has 0 bridgehead atoms. The Morgan fingerprint density at radius 3 is 2.47 bits per heavy atom. The minimum absolute atomic E-state index is 0.677. The highest BCUT2D eigenvalue weighted by molar-refractivity contribution is 7.14. The largest absolute Gasteiger partial charge is 0.494 e. The maximum Gasteiger partial charge on any atom is 0.187 e. The highest BCUT2D eigenvalue weighted by Gasteiger charge is 2.14. The van der Waals surface area contributed by atoms with Crippen molar-refractivity contribution >= 4 is 27.8 Å². The van der Waals surface area contributed by atoms with Gasteiger partial charge in [0, 0.05) is 48.5 Å². The second-order valence-corrected chi connectivity index (χ2v) is 8.72. The summed E-state index contributed by atoms with van der Waals surface area (Å²) in [4.78, 5) is 9.64. The SMILES string of the molecule is CCOc1cc(C)c(Nc2nc(-c3ccc(N4CCN(C)CC4)cc3)cs2)cc1C. The number of hydrogen-bond donors (Lipinski definition) is 1. The first kappa shape index (κ1) is 20.7. The fraction of sp³-hybridized carbons (Fsp3) is 0.375. The monoisotopic (exact) mass is 422 g/mol. The van der Waals surface area contributed by atoms with Crippen molar-refractivity contribution in [3.63, 3.8) is 0 Å². The van der Waals surface area contributed by atoms with E-state index in [4.69, 9.17) is 9.72 Å². The highest BCUT2D eigenvalue weighted by Crippen LogP contribution is 2.32. The van der Waals surface area contributed by atoms with Gasteiger partial charge in [0.2, 0.25) is 0 Å². The number of piperazine rings is 1. The standard InChI is InChI=1S/C24H30N4OS/c1-5-29-23-15-17(2)21(14-18(23)3)25-24-26-22(16-30-24)19-6-8-20(9-7-19)28-12-10-27(4)11-13-28/h6-9,14-16H,5,10-13H2,1-4H3,(H,25,26). The third-order valence-corrected chi connectivity index (χ3v) is 6.36. The van der Waals surface area contributed by atoms with Gasteiger partial charge in [0.05, 0.1) is 12.3 Å². The molecule has 30 heavy (non-hydrogen) atoms. The van der Waals surface area contributed by atoms with Crippen LogP contribution in [-0.4, -0.2) is 49.7 Å². The zero-order valence-corrected chi connectivity index (χ0v) is 19.1. The van der Waals surface area contributed by atoms with E-state index in [1.165, 1.54) is 5.69 Å². The van der Waals surface area contributed by atoms with Crippen molar-refractivity contribution in [3.05, 3.63) is 52.9 Å². The van der Waals surface area contributed by atoms with Gasteiger partial charge in [-0.1, -0.05) is 12.1 Å². The Morgan fingerprint density at radius 2 is 1.77 bits per heavy atom. The second kappa shape index (κ2) is 9.06. The molecule has 2 aromatic carbocycles. The number of anilines is 3. The minimum Gasteiger partial charge on any atom is -0.494 e. The van der Waals surface area contributed by atoms with Gasteiger partial charge in [-0.25, -0.2) is 4.98 Å². The Hall–Kier alpha value is -2.57. The summed E-state index contributed by atoms with van der Waals surface area (Å²) in [6.45, 7) is 11.3. The molecule has 0 spiro atoms. The lowest BCUT2D eigenvalue weighted by atomic mass is 10.1. The van der Waals surface area contributed by atoms with Crippen LogP contribution in [0.1, 0.15) is 18.1 Å². The second-order valence-electron chi connectivity index (χ2n) is 7.87. The smallest absolute Gasteiger partial charge is 0.187 e. The summed E-state index contributed by atoms with van der Waals surface area (Å²) in [6.07, 6.45) is 0. The molecule has 1 aliphatic heterocycles. The predicted molar refractivity (Wildman–Crippen MR) is 128 cm³/mol. The number of thiazole rings is 1. The number of rotatable bonds is 6. The van der Waals surface area contributed by atoms with Gasteiger partial charge in [-0.05, 0) is 63.2 Å². The molecule has 1 N–H and O–H groups in total. The molecular formula is C24H30N4OS. The lowest BCUT2D eigenvalue weighted by molar-refractivity contribution is 0.313. The van der Waals surface area contributed by atoms with Crippen LogP contribution in [0.3, 0.4) is 0 Å². The van der Waals surface area contributed by atoms with Gasteiger partial charge in [-0.3, -0.25) is 0 Å². The first-order valence-electron chi connectivity index (χ1n) is 10.5. The van der Waals surface area contributed by atoms with Gasteiger partial charge in [-0.15, -0.1) is 11.3 Å². The van der Waals surface area contributed by atoms with E-state index in [2.05, 4.69) is 77.8 Å². The van der Waals surface area contributed by atoms with E-state index in [0.717, 1.165) is 65.1 Å². The number of nitrogens with zero attached hydrogens (tertiary/aromatic N) is 3. The summed E-state index contributed by atoms with van der Waals surface area (Å²) in [5, 5.41) is 6.50. The number of hydrogen-bond acceptors (Lipinski definition) is 6. The first-order valence-corrected chi connectivity index (χ1v) is 11.4. The van der Waals surface area contributed by atoms with E-state index < -0.39 is 0 Å². The van der Waals surface area contributed by atoms with Crippen molar-refractivity contribution in [1.82, 2.24) is 9.88 Å². The van der Waals surface area contributed by atoms with Crippen molar-refractivity contribution in [2.24, 2.45) is 0 Å². The van der Waals surface area contributed by atoms with Crippen LogP contribution in [0.5, 0.6) is 5.75 Å². The Kier molecular flexibility index (Phi) is 6.25. The summed E-state index contributed by atoms with van der Waals surface area (Å²) in [6, 6.07) is 13.0. The highest BCUT2D eigenvalue weighted by atomic mass is 32.1. The molecule has 3 aromatic rings. The molecule has 1 aliphatic rings. The van der Waals surface area contributed by atoms with E-state index in [1.54, 1.807) is 11.3 Å². The summed E-state index contributed by atoms with van der Waals surface area (Å²) >= 11 is 1.63. The van der Waals surface area contributed by atoms with E-state index in [9.17, 15) is 0 Å². The Morgan fingerprint density at radius 1 is 1.03 bits per heavy atom. The molecule has 1 fully saturated rings. The number of aromatic nitrogens is 1. The average molecular weight is 423 g/mol. The molecule has 0 unspecified atom stereocenters. The van der Waals surface area contributed by atoms with Crippen LogP contribution >= 0.6 is 11.3 Å². The number of likely N-dealkylation sites (N-methyl/N-ethyl adjacent to an activating group) is 1. The number of aryl methyl sites for hydroxylation is 2. The van der Waals surface area contributed by atoms with Gasteiger partial charge < -0.3 is 19.9 Å². The van der Waals surface area contributed by atoms with Crippen molar-refractivity contribution in [1.29, 1.82) is 0 Å². The van der Waals surface area contributed by atoms with Gasteiger partial charge in [0.15, 0.2) is 5.13 Å². The summed E-state index contributed by atoms with van der Waals surface area (Å²) in [5.74, 6) is 0.945. The number of benzene rings is 2. The maximum atomic E-state index is 5.70. The molecule has 5 nitrogen and oxygen atoms in total. The van der Waals surface area contributed by atoms with E-state index in [1.807, 2.05) is 6.92 Å². The topological polar surface area (TPSA) is 40.6 Å². The molecule has 158 valence electrons. The molecule has 1 aromatic heterocycles. The van der Waals surface area contributed by atoms with Crippen LogP contribution in [-0.2, 0) is 0 Å². The van der Waals surface area contributed by atoms with E-state index in [0.29, 0.717) is 6.61 Å². The van der Waals surface area contributed by atoms with Crippen molar-refractivity contribution in [3.8, 4) is 17.0 Å². The maximum absolute atomic E-state index is 5.70. The summed E-state index contributed by atoms with van der Waals surface area (Å²) in [5.41, 5.74) is 6.80. The fourth-order valence-corrected chi connectivity index (χ4v) is 4.45. The molecule has 0 radical (unpaired) electrons. The lowest BCUT2D eigenvalue weighted by Crippen LogP contribution is -2.44. The minimum atomic E-state index is 0.677. The molecular weight excluding hydrogens is 392 g/mol. The van der Waals surface area contributed by atoms with Crippen LogP contribution < -0.4 is 15.0 Å². The van der Waals surface area contributed by atoms with Gasteiger partial charge in [-0.2, -0.15) is 0 Å². The number of nitrogens with one attached hydrogen (secondary N) is 1. The van der Waals surface area contributed by atoms with Gasteiger partial charge in [0.1, 0.15) is 5.75 Å². The summed E-state index contributed by atoms with van der Waals surface area (Å²) < 4.78 is 5.70. The molecule has 4 rings (SSSR count). The third-order valence-electron chi connectivity index (χ3n) is 5.60. The van der Waals surface area contributed by atoms with Crippen molar-refractivity contribution in [2.75, 3.05) is 50.1 Å². The predicted octanol–water partition coefficient (Wildman–Crippen LogP) is 5.32. The Labute approximate surface area is 183 Å². The molecule has 0 amide bonds. The lowest BCUT2D eigenvalue weighted by Gasteiger charge is -2.34. The average Bonchev–Trinajstić information content (AvgIpc) is 3.21. The zero-order valence-electron chi connectivity index (χ0n) is 18.2. The van der Waals surface area contributed by atoms with Gasteiger partial charge >= 0.3 is 0 Å². The molecule has 0 atom stereocenters. The van der Waals surface area contributed by atoms with Crippen molar-refractivity contribution < 1.29 is 4.74 Å². The third kappa shape index (κ3) is 4.60. The van der Waals surface area contributed by atoms with E-state index in [-0.39, 0.29) is 0 Å². The molecule has 0 aliphatic carbocycles. The Balaban J connectivity index is 1.46. The molecule has 1 saturated heterocycles. The van der Waals surface area contributed by atoms with E-state index >= 15 is 0 Å².